The van der Waals surface area contributed by atoms with Gasteiger partial charge in [-0.25, -0.2) is 0 Å². The monoisotopic (exact) mass is 349 g/mol. The summed E-state index contributed by atoms with van der Waals surface area (Å²) in [6.07, 6.45) is 0. The molecule has 1 saturated heterocycles. The van der Waals surface area contributed by atoms with E-state index in [-0.39, 0.29) is 5.92 Å². The van der Waals surface area contributed by atoms with E-state index in [1.54, 1.807) is 12.1 Å². The van der Waals surface area contributed by atoms with Crippen molar-refractivity contribution in [2.24, 2.45) is 5.92 Å². The van der Waals surface area contributed by atoms with Crippen LogP contribution in [0.5, 0.6) is 0 Å². The van der Waals surface area contributed by atoms with Crippen LogP contribution in [0.2, 0.25) is 10.0 Å². The Kier molecular flexibility index (Phi) is 4.90. The van der Waals surface area contributed by atoms with Crippen molar-refractivity contribution < 1.29 is 9.90 Å². The van der Waals surface area contributed by atoms with Crippen molar-refractivity contribution in [3.8, 4) is 0 Å². The largest absolute Gasteiger partial charge is 0.481 e. The third-order valence-electron chi connectivity index (χ3n) is 4.33. The molecule has 5 heteroatoms. The minimum absolute atomic E-state index is 0.0778. The first kappa shape index (κ1) is 16.3. The van der Waals surface area contributed by atoms with Crippen LogP contribution in [0.15, 0.2) is 48.5 Å². The van der Waals surface area contributed by atoms with Crippen LogP contribution in [0.1, 0.15) is 17.0 Å². The Morgan fingerprint density at radius 2 is 1.83 bits per heavy atom. The highest BCUT2D eigenvalue weighted by molar-refractivity contribution is 6.42. The summed E-state index contributed by atoms with van der Waals surface area (Å²) in [6, 6.07) is 15.5. The number of halogens is 2. The highest BCUT2D eigenvalue weighted by Crippen LogP contribution is 2.36. The van der Waals surface area contributed by atoms with Gasteiger partial charge >= 0.3 is 5.97 Å². The minimum Gasteiger partial charge on any atom is -0.481 e. The average Bonchev–Trinajstić information content (AvgIpc) is 2.95. The van der Waals surface area contributed by atoms with Gasteiger partial charge < -0.3 is 5.11 Å². The quantitative estimate of drug-likeness (QED) is 0.894. The lowest BCUT2D eigenvalue weighted by Gasteiger charge is -2.16. The van der Waals surface area contributed by atoms with Gasteiger partial charge in [-0.15, -0.1) is 0 Å². The number of hydrogen-bond acceptors (Lipinski definition) is 2. The molecule has 0 aliphatic carbocycles. The molecule has 0 amide bonds. The molecule has 0 aromatic heterocycles. The predicted molar refractivity (Wildman–Crippen MR) is 92.0 cm³/mol. The van der Waals surface area contributed by atoms with Gasteiger partial charge in [0, 0.05) is 25.6 Å². The highest BCUT2D eigenvalue weighted by atomic mass is 35.5. The second-order valence-corrected chi connectivity index (χ2v) is 6.72. The van der Waals surface area contributed by atoms with Crippen molar-refractivity contribution in [3.05, 3.63) is 69.7 Å². The number of hydrogen-bond donors (Lipinski definition) is 1. The summed E-state index contributed by atoms with van der Waals surface area (Å²) in [6.45, 7) is 1.99. The average molecular weight is 350 g/mol. The molecule has 2 atom stereocenters. The van der Waals surface area contributed by atoms with Crippen molar-refractivity contribution in [3.63, 3.8) is 0 Å². The van der Waals surface area contributed by atoms with Crippen LogP contribution in [0, 0.1) is 5.92 Å². The summed E-state index contributed by atoms with van der Waals surface area (Å²) in [5, 5.41) is 10.5. The molecular formula is C18H17Cl2NO2. The lowest BCUT2D eigenvalue weighted by molar-refractivity contribution is -0.141. The van der Waals surface area contributed by atoms with E-state index in [1.807, 2.05) is 24.3 Å². The Bertz CT molecular complexity index is 705. The molecule has 1 unspecified atom stereocenters. The molecule has 0 radical (unpaired) electrons. The third kappa shape index (κ3) is 3.69. The van der Waals surface area contributed by atoms with E-state index >= 15 is 0 Å². The first-order valence-electron chi connectivity index (χ1n) is 7.48. The lowest BCUT2D eigenvalue weighted by atomic mass is 9.89. The van der Waals surface area contributed by atoms with Crippen LogP contribution in [0.4, 0.5) is 0 Å². The topological polar surface area (TPSA) is 40.5 Å². The molecular weight excluding hydrogens is 333 g/mol. The number of benzene rings is 2. The maximum Gasteiger partial charge on any atom is 0.308 e. The predicted octanol–water partition coefficient (Wildman–Crippen LogP) is 4.29. The summed E-state index contributed by atoms with van der Waals surface area (Å²) in [7, 11) is 0. The zero-order chi connectivity index (χ0) is 16.4. The van der Waals surface area contributed by atoms with Crippen molar-refractivity contribution in [1.29, 1.82) is 0 Å². The number of rotatable bonds is 4. The van der Waals surface area contributed by atoms with E-state index in [0.29, 0.717) is 23.1 Å². The third-order valence-corrected chi connectivity index (χ3v) is 5.07. The summed E-state index contributed by atoms with van der Waals surface area (Å²) < 4.78 is 0. The van der Waals surface area contributed by atoms with Gasteiger partial charge in [0.1, 0.15) is 0 Å². The van der Waals surface area contributed by atoms with Gasteiger partial charge in [0.2, 0.25) is 0 Å². The van der Waals surface area contributed by atoms with Crippen LogP contribution in [0.3, 0.4) is 0 Å². The molecule has 1 fully saturated rings. The Hall–Kier alpha value is -1.55. The molecule has 0 saturated carbocycles. The molecule has 3 rings (SSSR count). The summed E-state index contributed by atoms with van der Waals surface area (Å²) in [5.74, 6) is -1.28. The molecule has 1 aliphatic rings. The fourth-order valence-corrected chi connectivity index (χ4v) is 3.49. The fraction of sp³-hybridized carbons (Fsp3) is 0.278. The van der Waals surface area contributed by atoms with E-state index in [2.05, 4.69) is 17.0 Å². The minimum atomic E-state index is -0.767. The maximum absolute atomic E-state index is 11.6. The molecule has 1 aliphatic heterocycles. The Morgan fingerprint density at radius 1 is 1.09 bits per heavy atom. The first-order chi connectivity index (χ1) is 11.0. The van der Waals surface area contributed by atoms with E-state index in [1.165, 1.54) is 5.56 Å². The first-order valence-corrected chi connectivity index (χ1v) is 8.24. The van der Waals surface area contributed by atoms with Gasteiger partial charge in [-0.2, -0.15) is 0 Å². The van der Waals surface area contributed by atoms with Crippen molar-refractivity contribution in [2.45, 2.75) is 12.5 Å². The zero-order valence-corrected chi connectivity index (χ0v) is 14.0. The van der Waals surface area contributed by atoms with Crippen molar-refractivity contribution >= 4 is 29.2 Å². The SMILES string of the molecule is O=C(O)C1CN(Cc2ccccc2)C[C@H]1c1ccc(Cl)c(Cl)c1. The van der Waals surface area contributed by atoms with Crippen molar-refractivity contribution in [2.75, 3.05) is 13.1 Å². The molecule has 0 bridgehead atoms. The standard InChI is InChI=1S/C18H17Cl2NO2/c19-16-7-6-13(8-17(16)20)14-10-21(11-15(14)18(22)23)9-12-4-2-1-3-5-12/h1-8,14-15H,9-11H2,(H,22,23)/t14-,15?/m0/s1. The van der Waals surface area contributed by atoms with Gasteiger partial charge in [-0.05, 0) is 23.3 Å². The number of carboxylic acids is 1. The molecule has 3 nitrogen and oxygen atoms in total. The fourth-order valence-electron chi connectivity index (χ4n) is 3.19. The van der Waals surface area contributed by atoms with Crippen LogP contribution in [-0.4, -0.2) is 29.1 Å². The molecule has 2 aromatic carbocycles. The molecule has 1 heterocycles. The van der Waals surface area contributed by atoms with Gasteiger partial charge in [0.15, 0.2) is 0 Å². The summed E-state index contributed by atoms with van der Waals surface area (Å²) in [5.41, 5.74) is 2.12. The molecule has 120 valence electrons. The summed E-state index contributed by atoms with van der Waals surface area (Å²) in [4.78, 5) is 13.8. The maximum atomic E-state index is 11.6. The number of aliphatic carboxylic acids is 1. The lowest BCUT2D eigenvalue weighted by Crippen LogP contribution is -2.23. The van der Waals surface area contributed by atoms with E-state index < -0.39 is 11.9 Å². The van der Waals surface area contributed by atoms with Gasteiger partial charge in [0.05, 0.1) is 16.0 Å². The van der Waals surface area contributed by atoms with Crippen LogP contribution >= 0.6 is 23.2 Å². The van der Waals surface area contributed by atoms with E-state index in [9.17, 15) is 9.90 Å². The van der Waals surface area contributed by atoms with Gasteiger partial charge in [0.25, 0.3) is 0 Å². The normalized spacial score (nSPS) is 21.5. The number of carbonyl (C=O) groups is 1. The Balaban J connectivity index is 1.81. The molecule has 0 spiro atoms. The molecule has 2 aromatic rings. The number of carboxylic acid groups (broad SMARTS) is 1. The van der Waals surface area contributed by atoms with Crippen LogP contribution in [-0.2, 0) is 11.3 Å². The van der Waals surface area contributed by atoms with Crippen LogP contribution < -0.4 is 0 Å². The van der Waals surface area contributed by atoms with Gasteiger partial charge in [-0.1, -0.05) is 59.6 Å². The zero-order valence-electron chi connectivity index (χ0n) is 12.5. The van der Waals surface area contributed by atoms with E-state index in [4.69, 9.17) is 23.2 Å². The smallest absolute Gasteiger partial charge is 0.308 e. The Morgan fingerprint density at radius 3 is 2.48 bits per heavy atom. The Labute approximate surface area is 145 Å². The molecule has 1 N–H and O–H groups in total. The van der Waals surface area contributed by atoms with Crippen LogP contribution in [0.25, 0.3) is 0 Å². The highest BCUT2D eigenvalue weighted by Gasteiger charge is 2.38. The summed E-state index contributed by atoms with van der Waals surface area (Å²) >= 11 is 12.1. The van der Waals surface area contributed by atoms with Gasteiger partial charge in [-0.3, -0.25) is 9.69 Å². The second kappa shape index (κ2) is 6.91. The van der Waals surface area contributed by atoms with E-state index in [0.717, 1.165) is 12.1 Å². The molecule has 23 heavy (non-hydrogen) atoms. The van der Waals surface area contributed by atoms with Crippen molar-refractivity contribution in [1.82, 2.24) is 4.90 Å². The number of nitrogens with zero attached hydrogens (tertiary/aromatic N) is 1. The number of likely N-dealkylation sites (tertiary alicyclic amines) is 1. The second-order valence-electron chi connectivity index (χ2n) is 5.90.